The molecule has 0 bridgehead atoms. The molecule has 0 unspecified atom stereocenters. The van der Waals surface area contributed by atoms with Gasteiger partial charge < -0.3 is 15.8 Å². The maximum Gasteiger partial charge on any atom is 0.331 e. The van der Waals surface area contributed by atoms with E-state index in [-0.39, 0.29) is 30.5 Å². The molecule has 156 valence electrons. The number of rotatable bonds is 7. The summed E-state index contributed by atoms with van der Waals surface area (Å²) >= 11 is 0. The number of nitrogens with zero attached hydrogens (tertiary/aromatic N) is 3. The third kappa shape index (κ3) is 3.94. The van der Waals surface area contributed by atoms with Crippen LogP contribution in [0.15, 0.2) is 6.20 Å². The number of ether oxygens (including phenoxy) is 1. The highest BCUT2D eigenvalue weighted by Crippen LogP contribution is 2.31. The van der Waals surface area contributed by atoms with Crippen molar-refractivity contribution >= 4 is 23.4 Å². The van der Waals surface area contributed by atoms with Crippen LogP contribution < -0.4 is 11.1 Å². The van der Waals surface area contributed by atoms with Gasteiger partial charge in [-0.15, -0.1) is 0 Å². The van der Waals surface area contributed by atoms with Crippen LogP contribution in [0.5, 0.6) is 0 Å². The van der Waals surface area contributed by atoms with Gasteiger partial charge in [-0.3, -0.25) is 9.59 Å². The van der Waals surface area contributed by atoms with Gasteiger partial charge in [-0.1, -0.05) is 12.8 Å². The zero-order valence-corrected chi connectivity index (χ0v) is 17.1. The number of fused-ring (bicyclic) bond motifs is 1. The van der Waals surface area contributed by atoms with Crippen molar-refractivity contribution in [3.8, 4) is 0 Å². The molecule has 2 aromatic rings. The Balaban J connectivity index is 1.75. The van der Waals surface area contributed by atoms with Gasteiger partial charge in [0.25, 0.3) is 5.91 Å². The maximum atomic E-state index is 12.6. The summed E-state index contributed by atoms with van der Waals surface area (Å²) in [6.45, 7) is 5.74. The van der Waals surface area contributed by atoms with Crippen molar-refractivity contribution in [2.45, 2.75) is 64.8 Å². The van der Waals surface area contributed by atoms with Gasteiger partial charge in [0.2, 0.25) is 5.91 Å². The lowest BCUT2D eigenvalue weighted by atomic mass is 9.97. The van der Waals surface area contributed by atoms with Gasteiger partial charge in [0.05, 0.1) is 12.8 Å². The van der Waals surface area contributed by atoms with Gasteiger partial charge in [0, 0.05) is 17.8 Å². The predicted octanol–water partition coefficient (Wildman–Crippen LogP) is 1.37. The first kappa shape index (κ1) is 20.8. The Morgan fingerprint density at radius 1 is 1.28 bits per heavy atom. The highest BCUT2D eigenvalue weighted by Gasteiger charge is 2.43. The fourth-order valence-electron chi connectivity index (χ4n) is 4.04. The molecule has 0 spiro atoms. The first-order valence-electron chi connectivity index (χ1n) is 9.91. The minimum Gasteiger partial charge on any atom is -0.464 e. The van der Waals surface area contributed by atoms with Crippen LogP contribution in [0, 0.1) is 13.8 Å². The van der Waals surface area contributed by atoms with Crippen molar-refractivity contribution in [3.63, 3.8) is 0 Å². The van der Waals surface area contributed by atoms with E-state index in [1.807, 2.05) is 13.8 Å². The molecule has 9 nitrogen and oxygen atoms in total. The smallest absolute Gasteiger partial charge is 0.331 e. The molecule has 3 N–H and O–H groups in total. The van der Waals surface area contributed by atoms with Crippen LogP contribution in [0.4, 0.5) is 0 Å². The molecule has 3 rings (SSSR count). The summed E-state index contributed by atoms with van der Waals surface area (Å²) in [5, 5.41) is 7.12. The van der Waals surface area contributed by atoms with Gasteiger partial charge in [0.1, 0.15) is 11.1 Å². The lowest BCUT2D eigenvalue weighted by molar-refractivity contribution is -0.153. The van der Waals surface area contributed by atoms with Gasteiger partial charge >= 0.3 is 5.97 Å². The molecule has 1 fully saturated rings. The van der Waals surface area contributed by atoms with Gasteiger partial charge in [-0.2, -0.15) is 5.10 Å². The standard InChI is InChI=1S/C20H27N5O4/c1-4-29-19(28)20(9-5-6-10-20)24-16(26)8-7-14-12(2)23-18-15(17(21)27)11-22-25(18)13(14)3/h11H,4-10H2,1-3H3,(H2,21,27)(H,24,26). The summed E-state index contributed by atoms with van der Waals surface area (Å²) in [7, 11) is 0. The molecular formula is C20H27N5O4. The monoisotopic (exact) mass is 401 g/mol. The average Bonchev–Trinajstić information content (AvgIpc) is 3.29. The number of carbonyl (C=O) groups excluding carboxylic acids is 3. The van der Waals surface area contributed by atoms with Crippen molar-refractivity contribution in [2.24, 2.45) is 5.73 Å². The Morgan fingerprint density at radius 2 is 1.97 bits per heavy atom. The molecule has 0 aliphatic heterocycles. The molecule has 9 heteroatoms. The molecule has 0 saturated heterocycles. The topological polar surface area (TPSA) is 129 Å². The van der Waals surface area contributed by atoms with E-state index in [0.717, 1.165) is 24.1 Å². The molecule has 1 saturated carbocycles. The number of aromatic nitrogens is 3. The Hall–Kier alpha value is -2.97. The number of primary amides is 1. The van der Waals surface area contributed by atoms with Crippen LogP contribution in [-0.2, 0) is 20.7 Å². The highest BCUT2D eigenvalue weighted by atomic mass is 16.5. The summed E-state index contributed by atoms with van der Waals surface area (Å²) in [4.78, 5) is 41.0. The van der Waals surface area contributed by atoms with Crippen LogP contribution in [0.2, 0.25) is 0 Å². The molecule has 0 aromatic carbocycles. The zero-order valence-electron chi connectivity index (χ0n) is 17.1. The van der Waals surface area contributed by atoms with Crippen LogP contribution in [-0.4, -0.2) is 44.5 Å². The Bertz CT molecular complexity index is 959. The summed E-state index contributed by atoms with van der Waals surface area (Å²) in [6, 6.07) is 0. The van der Waals surface area contributed by atoms with Crippen LogP contribution in [0.25, 0.3) is 5.65 Å². The molecule has 2 heterocycles. The Kier molecular flexibility index (Phi) is 5.86. The van der Waals surface area contributed by atoms with E-state index in [1.165, 1.54) is 6.20 Å². The third-order valence-corrected chi connectivity index (χ3v) is 5.58. The predicted molar refractivity (Wildman–Crippen MR) is 105 cm³/mol. The molecular weight excluding hydrogens is 374 g/mol. The van der Waals surface area contributed by atoms with Gasteiger partial charge in [-0.05, 0) is 45.6 Å². The fourth-order valence-corrected chi connectivity index (χ4v) is 4.04. The number of esters is 1. The highest BCUT2D eigenvalue weighted by molar-refractivity contribution is 5.98. The minimum atomic E-state index is -0.905. The van der Waals surface area contributed by atoms with Gasteiger partial charge in [0.15, 0.2) is 5.65 Å². The second-order valence-corrected chi connectivity index (χ2v) is 7.48. The zero-order chi connectivity index (χ0) is 21.2. The van der Waals surface area contributed by atoms with Crippen molar-refractivity contribution < 1.29 is 19.1 Å². The van der Waals surface area contributed by atoms with E-state index in [4.69, 9.17) is 10.5 Å². The number of carbonyl (C=O) groups is 3. The Morgan fingerprint density at radius 3 is 2.59 bits per heavy atom. The number of aryl methyl sites for hydroxylation is 2. The molecule has 29 heavy (non-hydrogen) atoms. The van der Waals surface area contributed by atoms with Crippen LogP contribution >= 0.6 is 0 Å². The number of hydrogen-bond acceptors (Lipinski definition) is 6. The number of amides is 2. The number of nitrogens with one attached hydrogen (secondary N) is 1. The summed E-state index contributed by atoms with van der Waals surface area (Å²) < 4.78 is 6.75. The lowest BCUT2D eigenvalue weighted by Crippen LogP contribution is -2.53. The summed E-state index contributed by atoms with van der Waals surface area (Å²) in [5.74, 6) is -1.13. The molecule has 2 aromatic heterocycles. The third-order valence-electron chi connectivity index (χ3n) is 5.58. The molecule has 0 atom stereocenters. The largest absolute Gasteiger partial charge is 0.464 e. The van der Waals surface area contributed by atoms with Crippen molar-refractivity contribution in [1.82, 2.24) is 19.9 Å². The van der Waals surface area contributed by atoms with E-state index in [2.05, 4.69) is 15.4 Å². The fraction of sp³-hybridized carbons (Fsp3) is 0.550. The van der Waals surface area contributed by atoms with E-state index in [1.54, 1.807) is 11.4 Å². The molecule has 2 amide bonds. The Labute approximate surface area is 169 Å². The van der Waals surface area contributed by atoms with E-state index in [9.17, 15) is 14.4 Å². The normalized spacial score (nSPS) is 15.4. The van der Waals surface area contributed by atoms with E-state index in [0.29, 0.717) is 30.6 Å². The van der Waals surface area contributed by atoms with Crippen molar-refractivity contribution in [3.05, 3.63) is 28.7 Å². The van der Waals surface area contributed by atoms with Gasteiger partial charge in [-0.25, -0.2) is 14.3 Å². The molecule has 1 aliphatic carbocycles. The second kappa shape index (κ2) is 8.18. The number of hydrogen-bond donors (Lipinski definition) is 2. The quantitative estimate of drug-likeness (QED) is 0.674. The maximum absolute atomic E-state index is 12.6. The lowest BCUT2D eigenvalue weighted by Gasteiger charge is -2.27. The molecule has 0 radical (unpaired) electrons. The first-order chi connectivity index (χ1) is 13.8. The average molecular weight is 401 g/mol. The minimum absolute atomic E-state index is 0.197. The van der Waals surface area contributed by atoms with Crippen LogP contribution in [0.3, 0.4) is 0 Å². The number of nitrogens with two attached hydrogens (primary N) is 1. The van der Waals surface area contributed by atoms with E-state index >= 15 is 0 Å². The summed E-state index contributed by atoms with van der Waals surface area (Å²) in [6.07, 6.45) is 5.03. The first-order valence-corrected chi connectivity index (χ1v) is 9.91. The van der Waals surface area contributed by atoms with Crippen LogP contribution in [0.1, 0.15) is 66.3 Å². The SMILES string of the molecule is CCOC(=O)C1(NC(=O)CCc2c(C)nc3c(C(N)=O)cnn3c2C)CCCC1. The summed E-state index contributed by atoms with van der Waals surface area (Å²) in [5.41, 5.74) is 7.53. The van der Waals surface area contributed by atoms with E-state index < -0.39 is 11.4 Å². The van der Waals surface area contributed by atoms with Crippen molar-refractivity contribution in [2.75, 3.05) is 6.61 Å². The second-order valence-electron chi connectivity index (χ2n) is 7.48. The van der Waals surface area contributed by atoms with Crippen molar-refractivity contribution in [1.29, 1.82) is 0 Å². The molecule has 1 aliphatic rings.